The SMILES string of the molecule is CC[Si](CC)(CC)O[C@@H]([C@@H](C)[C@H](C)OC(C)=O)[C@@H](C)/C=C/B1OC(C)(C)C(C)(C)O1. The number of rotatable bonds is 11. The fraction of sp³-hybridized carbons (Fsp3) is 0.870. The monoisotopic (exact) mass is 440 g/mol. The number of carbonyl (C=O) groups excluding carboxylic acids is 1. The van der Waals surface area contributed by atoms with Gasteiger partial charge in [0.2, 0.25) is 0 Å². The Bertz CT molecular complexity index is 564. The van der Waals surface area contributed by atoms with E-state index in [0.717, 1.165) is 18.1 Å². The molecule has 1 saturated heterocycles. The van der Waals surface area contributed by atoms with Crippen molar-refractivity contribution in [3.05, 3.63) is 12.1 Å². The zero-order valence-electron chi connectivity index (χ0n) is 21.2. The minimum absolute atomic E-state index is 0.0375. The summed E-state index contributed by atoms with van der Waals surface area (Å²) in [6, 6.07) is 3.25. The molecule has 0 amide bonds. The fourth-order valence-corrected chi connectivity index (χ4v) is 6.97. The molecule has 1 aliphatic rings. The highest BCUT2D eigenvalue weighted by Crippen LogP contribution is 2.37. The molecule has 4 atom stereocenters. The summed E-state index contributed by atoms with van der Waals surface area (Å²) in [5.41, 5.74) is -0.708. The molecule has 5 nitrogen and oxygen atoms in total. The van der Waals surface area contributed by atoms with Crippen molar-refractivity contribution in [2.45, 2.75) is 118 Å². The molecule has 1 heterocycles. The molecule has 0 N–H and O–H groups in total. The minimum Gasteiger partial charge on any atom is -0.462 e. The summed E-state index contributed by atoms with van der Waals surface area (Å²) in [5, 5.41) is 0. The van der Waals surface area contributed by atoms with E-state index in [-0.39, 0.29) is 48.3 Å². The molecule has 0 unspecified atom stereocenters. The van der Waals surface area contributed by atoms with Crippen LogP contribution in [0.4, 0.5) is 0 Å². The Morgan fingerprint density at radius 2 is 1.47 bits per heavy atom. The second-order valence-electron chi connectivity index (χ2n) is 9.87. The molecule has 0 aromatic rings. The summed E-state index contributed by atoms with van der Waals surface area (Å²) < 4.78 is 24.7. The van der Waals surface area contributed by atoms with Gasteiger partial charge in [0.1, 0.15) is 6.10 Å². The van der Waals surface area contributed by atoms with Crippen molar-refractivity contribution in [1.82, 2.24) is 0 Å². The Labute approximate surface area is 186 Å². The van der Waals surface area contributed by atoms with Crippen LogP contribution in [0.25, 0.3) is 0 Å². The molecular formula is C23H45BO5Si. The lowest BCUT2D eigenvalue weighted by atomic mass is 9.84. The molecular weight excluding hydrogens is 395 g/mol. The van der Waals surface area contributed by atoms with Crippen LogP contribution in [0.1, 0.15) is 76.2 Å². The van der Waals surface area contributed by atoms with Gasteiger partial charge in [-0.3, -0.25) is 4.79 Å². The standard InChI is InChI=1S/C23H45BO5Si/c1-12-30(13-2,14-3)27-21(18(5)19(6)26-20(7)25)17(4)15-16-24-28-22(8,9)23(10,11)29-24/h15-19,21H,12-14H2,1-11H3/b16-15+/t17-,18-,19-,21+/m0/s1. The highest BCUT2D eigenvalue weighted by Gasteiger charge is 2.50. The summed E-state index contributed by atoms with van der Waals surface area (Å²) in [4.78, 5) is 11.5. The third-order valence-corrected chi connectivity index (χ3v) is 11.9. The lowest BCUT2D eigenvalue weighted by molar-refractivity contribution is -0.149. The predicted molar refractivity (Wildman–Crippen MR) is 127 cm³/mol. The summed E-state index contributed by atoms with van der Waals surface area (Å²) in [6.45, 7) is 22.7. The van der Waals surface area contributed by atoms with Crippen molar-refractivity contribution in [3.8, 4) is 0 Å². The first-order chi connectivity index (χ1) is 13.7. The third-order valence-electron chi connectivity index (χ3n) is 7.29. The second kappa shape index (κ2) is 10.8. The second-order valence-corrected chi connectivity index (χ2v) is 14.6. The van der Waals surface area contributed by atoms with Gasteiger partial charge >= 0.3 is 13.1 Å². The molecule has 1 rings (SSSR count). The molecule has 0 aromatic carbocycles. The van der Waals surface area contributed by atoms with Crippen LogP contribution in [0.3, 0.4) is 0 Å². The predicted octanol–water partition coefficient (Wildman–Crippen LogP) is 5.79. The summed E-state index contributed by atoms with van der Waals surface area (Å²) in [5.74, 6) is 1.96. The first-order valence-electron chi connectivity index (χ1n) is 11.6. The van der Waals surface area contributed by atoms with Gasteiger partial charge in [0.15, 0.2) is 8.32 Å². The van der Waals surface area contributed by atoms with E-state index in [2.05, 4.69) is 68.4 Å². The Balaban J connectivity index is 3.06. The molecule has 0 saturated carbocycles. The van der Waals surface area contributed by atoms with Gasteiger partial charge in [0.05, 0.1) is 17.3 Å². The number of hydrogen-bond donors (Lipinski definition) is 0. The van der Waals surface area contributed by atoms with E-state index in [1.54, 1.807) is 0 Å². The number of carbonyl (C=O) groups is 1. The smallest absolute Gasteiger partial charge is 0.462 e. The van der Waals surface area contributed by atoms with E-state index < -0.39 is 8.32 Å². The van der Waals surface area contributed by atoms with Crippen molar-refractivity contribution >= 4 is 21.4 Å². The lowest BCUT2D eigenvalue weighted by Crippen LogP contribution is -2.46. The van der Waals surface area contributed by atoms with Crippen molar-refractivity contribution in [2.24, 2.45) is 11.8 Å². The number of hydrogen-bond acceptors (Lipinski definition) is 5. The Morgan fingerprint density at radius 3 is 1.87 bits per heavy atom. The maximum Gasteiger partial charge on any atom is 0.486 e. The molecule has 7 heteroatoms. The average molecular weight is 441 g/mol. The van der Waals surface area contributed by atoms with E-state index >= 15 is 0 Å². The Morgan fingerprint density at radius 1 is 1.00 bits per heavy atom. The molecule has 1 fully saturated rings. The van der Waals surface area contributed by atoms with Crippen LogP contribution in [0.15, 0.2) is 12.1 Å². The van der Waals surface area contributed by atoms with E-state index in [9.17, 15) is 4.79 Å². The van der Waals surface area contributed by atoms with Gasteiger partial charge in [-0.15, -0.1) is 0 Å². The summed E-state index contributed by atoms with van der Waals surface area (Å²) in [7, 11) is -2.21. The summed E-state index contributed by atoms with van der Waals surface area (Å²) in [6.07, 6.45) is 1.89. The van der Waals surface area contributed by atoms with Crippen LogP contribution < -0.4 is 0 Å². The van der Waals surface area contributed by atoms with Crippen molar-refractivity contribution < 1.29 is 23.3 Å². The Kier molecular flexibility index (Phi) is 9.86. The van der Waals surface area contributed by atoms with Crippen LogP contribution in [0.2, 0.25) is 18.1 Å². The minimum atomic E-state index is -1.84. The van der Waals surface area contributed by atoms with Gasteiger partial charge in [0.25, 0.3) is 0 Å². The van der Waals surface area contributed by atoms with Crippen LogP contribution in [0, 0.1) is 11.8 Å². The van der Waals surface area contributed by atoms with Gasteiger partial charge in [-0.05, 0) is 58.7 Å². The van der Waals surface area contributed by atoms with Crippen LogP contribution in [-0.2, 0) is 23.3 Å². The maximum absolute atomic E-state index is 11.5. The zero-order chi connectivity index (χ0) is 23.3. The molecule has 174 valence electrons. The van der Waals surface area contributed by atoms with Gasteiger partial charge < -0.3 is 18.5 Å². The fourth-order valence-electron chi connectivity index (χ4n) is 3.96. The Hall–Kier alpha value is -0.628. The molecule has 0 spiro atoms. The molecule has 0 bridgehead atoms. The van der Waals surface area contributed by atoms with Crippen molar-refractivity contribution in [1.29, 1.82) is 0 Å². The first-order valence-corrected chi connectivity index (χ1v) is 14.2. The molecule has 0 aromatic heterocycles. The van der Waals surface area contributed by atoms with Crippen LogP contribution in [0.5, 0.6) is 0 Å². The number of esters is 1. The van der Waals surface area contributed by atoms with Crippen molar-refractivity contribution in [3.63, 3.8) is 0 Å². The zero-order valence-corrected chi connectivity index (χ0v) is 22.2. The van der Waals surface area contributed by atoms with Gasteiger partial charge in [-0.25, -0.2) is 0 Å². The molecule has 30 heavy (non-hydrogen) atoms. The third kappa shape index (κ3) is 6.68. The molecule has 0 aliphatic carbocycles. The normalized spacial score (nSPS) is 22.7. The van der Waals surface area contributed by atoms with E-state index in [4.69, 9.17) is 18.5 Å². The van der Waals surface area contributed by atoms with Crippen LogP contribution >= 0.6 is 0 Å². The maximum atomic E-state index is 11.5. The molecule has 0 radical (unpaired) electrons. The van der Waals surface area contributed by atoms with Crippen LogP contribution in [-0.4, -0.2) is 44.8 Å². The van der Waals surface area contributed by atoms with Gasteiger partial charge in [0, 0.05) is 12.8 Å². The lowest BCUT2D eigenvalue weighted by Gasteiger charge is -2.39. The molecule has 1 aliphatic heterocycles. The van der Waals surface area contributed by atoms with E-state index in [1.165, 1.54) is 6.92 Å². The van der Waals surface area contributed by atoms with E-state index in [1.807, 2.05) is 12.9 Å². The van der Waals surface area contributed by atoms with Gasteiger partial charge in [-0.1, -0.05) is 46.7 Å². The number of ether oxygens (including phenoxy) is 1. The van der Waals surface area contributed by atoms with Gasteiger partial charge in [-0.2, -0.15) is 0 Å². The highest BCUT2D eigenvalue weighted by molar-refractivity contribution is 6.73. The highest BCUT2D eigenvalue weighted by atomic mass is 28.4. The quantitative estimate of drug-likeness (QED) is 0.301. The van der Waals surface area contributed by atoms with Crippen molar-refractivity contribution in [2.75, 3.05) is 0 Å². The summed E-state index contributed by atoms with van der Waals surface area (Å²) >= 11 is 0. The average Bonchev–Trinajstić information content (AvgIpc) is 2.87. The first kappa shape index (κ1) is 27.4. The topological polar surface area (TPSA) is 54.0 Å². The van der Waals surface area contributed by atoms with E-state index in [0.29, 0.717) is 0 Å². The largest absolute Gasteiger partial charge is 0.486 e.